The molecule has 0 aliphatic carbocycles. The van der Waals surface area contributed by atoms with Crippen LogP contribution in [0, 0.1) is 5.92 Å². The van der Waals surface area contributed by atoms with Crippen molar-refractivity contribution >= 4 is 24.0 Å². The molecule has 0 saturated carbocycles. The number of carbonyl (C=O) groups is 1. The van der Waals surface area contributed by atoms with E-state index < -0.39 is 0 Å². The molecule has 76 valence electrons. The second kappa shape index (κ2) is 5.19. The number of halogens is 1. The molecular weight excluding hydrogens is 190 g/mol. The average molecular weight is 206 g/mol. The summed E-state index contributed by atoms with van der Waals surface area (Å²) in [4.78, 5) is 11.4. The smallest absolute Gasteiger partial charge is 0.251 e. The topological polar surface area (TPSA) is 58.7 Å². The first kappa shape index (κ1) is 12.4. The van der Waals surface area contributed by atoms with Crippen molar-refractivity contribution in [3.05, 3.63) is 0 Å². The number of nitrogens with two attached hydrogens (primary N) is 1. The first-order valence-corrected chi connectivity index (χ1v) is 4.19. The van der Waals surface area contributed by atoms with Crippen LogP contribution >= 0.6 is 12.4 Å². The monoisotopic (exact) mass is 205 g/mol. The Bertz CT molecular complexity index is 217. The highest BCUT2D eigenvalue weighted by Gasteiger charge is 2.29. The molecule has 0 fully saturated rings. The Hall–Kier alpha value is -0.610. The summed E-state index contributed by atoms with van der Waals surface area (Å²) >= 11 is 0. The SMILES string of the molecule is CC1=NN(C)C(=O)C1CCCN.Cl. The van der Waals surface area contributed by atoms with Crippen molar-refractivity contribution in [1.29, 1.82) is 0 Å². The number of carbonyl (C=O) groups excluding carboxylic acids is 1. The molecule has 0 radical (unpaired) electrons. The summed E-state index contributed by atoms with van der Waals surface area (Å²) in [7, 11) is 1.69. The highest BCUT2D eigenvalue weighted by Crippen LogP contribution is 2.18. The lowest BCUT2D eigenvalue weighted by Crippen LogP contribution is -2.24. The summed E-state index contributed by atoms with van der Waals surface area (Å²) in [5.41, 5.74) is 6.28. The van der Waals surface area contributed by atoms with Gasteiger partial charge in [-0.05, 0) is 26.3 Å². The minimum Gasteiger partial charge on any atom is -0.330 e. The minimum atomic E-state index is -0.0152. The Morgan fingerprint density at radius 3 is 2.62 bits per heavy atom. The molecule has 4 nitrogen and oxygen atoms in total. The molecule has 13 heavy (non-hydrogen) atoms. The van der Waals surface area contributed by atoms with Crippen molar-refractivity contribution in [2.24, 2.45) is 16.8 Å². The van der Waals surface area contributed by atoms with Gasteiger partial charge in [0.05, 0.1) is 5.92 Å². The number of hydrogen-bond acceptors (Lipinski definition) is 3. The number of rotatable bonds is 3. The Morgan fingerprint density at radius 2 is 2.23 bits per heavy atom. The summed E-state index contributed by atoms with van der Waals surface area (Å²) in [5.74, 6) is 0.0829. The van der Waals surface area contributed by atoms with Gasteiger partial charge in [-0.15, -0.1) is 12.4 Å². The molecule has 1 atom stereocenters. The Balaban J connectivity index is 0.00000144. The van der Waals surface area contributed by atoms with Gasteiger partial charge >= 0.3 is 0 Å². The average Bonchev–Trinajstić information content (AvgIpc) is 2.25. The van der Waals surface area contributed by atoms with E-state index in [9.17, 15) is 4.79 Å². The van der Waals surface area contributed by atoms with Gasteiger partial charge in [0.15, 0.2) is 0 Å². The van der Waals surface area contributed by atoms with Gasteiger partial charge in [-0.1, -0.05) is 0 Å². The standard InChI is InChI=1S/C8H15N3O.ClH/c1-6-7(4-3-5-9)8(12)11(2)10-6;/h7H,3-5,9H2,1-2H3;1H. The zero-order valence-corrected chi connectivity index (χ0v) is 8.80. The fourth-order valence-electron chi connectivity index (χ4n) is 1.41. The van der Waals surface area contributed by atoms with Crippen LogP contribution < -0.4 is 5.73 Å². The Labute approximate surface area is 84.6 Å². The molecule has 0 bridgehead atoms. The minimum absolute atomic E-state index is 0. The van der Waals surface area contributed by atoms with E-state index in [0.29, 0.717) is 6.54 Å². The summed E-state index contributed by atoms with van der Waals surface area (Å²) in [6.07, 6.45) is 1.71. The van der Waals surface area contributed by atoms with Crippen LogP contribution in [0.4, 0.5) is 0 Å². The molecule has 1 amide bonds. The van der Waals surface area contributed by atoms with Crippen LogP contribution in [0.2, 0.25) is 0 Å². The molecule has 0 aromatic rings. The fraction of sp³-hybridized carbons (Fsp3) is 0.750. The van der Waals surface area contributed by atoms with E-state index in [1.165, 1.54) is 5.01 Å². The second-order valence-electron chi connectivity index (χ2n) is 3.09. The highest BCUT2D eigenvalue weighted by molar-refractivity contribution is 6.06. The van der Waals surface area contributed by atoms with E-state index in [2.05, 4.69) is 5.10 Å². The zero-order valence-electron chi connectivity index (χ0n) is 7.99. The quantitative estimate of drug-likeness (QED) is 0.734. The Morgan fingerprint density at radius 1 is 1.62 bits per heavy atom. The van der Waals surface area contributed by atoms with E-state index in [1.54, 1.807) is 7.05 Å². The largest absolute Gasteiger partial charge is 0.330 e. The zero-order chi connectivity index (χ0) is 9.14. The van der Waals surface area contributed by atoms with Crippen LogP contribution in [0.15, 0.2) is 5.10 Å². The molecule has 0 spiro atoms. The maximum Gasteiger partial charge on any atom is 0.251 e. The van der Waals surface area contributed by atoms with Crippen LogP contribution in [0.5, 0.6) is 0 Å². The Kier molecular flexibility index (Phi) is 4.95. The molecule has 0 aromatic carbocycles. The van der Waals surface area contributed by atoms with Crippen molar-refractivity contribution in [1.82, 2.24) is 5.01 Å². The van der Waals surface area contributed by atoms with Crippen LogP contribution in [0.1, 0.15) is 19.8 Å². The molecule has 0 saturated heterocycles. The van der Waals surface area contributed by atoms with E-state index in [-0.39, 0.29) is 24.2 Å². The van der Waals surface area contributed by atoms with E-state index in [1.807, 2.05) is 6.92 Å². The lowest BCUT2D eigenvalue weighted by molar-refractivity contribution is -0.130. The number of hydrogen-bond donors (Lipinski definition) is 1. The molecule has 2 N–H and O–H groups in total. The van der Waals surface area contributed by atoms with Gasteiger partial charge in [0, 0.05) is 12.8 Å². The second-order valence-corrected chi connectivity index (χ2v) is 3.09. The van der Waals surface area contributed by atoms with E-state index >= 15 is 0 Å². The van der Waals surface area contributed by atoms with Gasteiger partial charge in [-0.25, -0.2) is 5.01 Å². The number of amides is 1. The van der Waals surface area contributed by atoms with Gasteiger partial charge in [0.1, 0.15) is 0 Å². The molecule has 1 rings (SSSR count). The van der Waals surface area contributed by atoms with E-state index in [4.69, 9.17) is 5.73 Å². The van der Waals surface area contributed by atoms with Crippen molar-refractivity contribution in [2.75, 3.05) is 13.6 Å². The van der Waals surface area contributed by atoms with Crippen molar-refractivity contribution in [3.8, 4) is 0 Å². The third kappa shape index (κ3) is 2.67. The molecule has 1 unspecified atom stereocenters. The van der Waals surface area contributed by atoms with Gasteiger partial charge in [-0.2, -0.15) is 5.10 Å². The highest BCUT2D eigenvalue weighted by atomic mass is 35.5. The lowest BCUT2D eigenvalue weighted by Gasteiger charge is -2.08. The fourth-order valence-corrected chi connectivity index (χ4v) is 1.41. The normalized spacial score (nSPS) is 21.5. The maximum atomic E-state index is 11.4. The molecule has 1 aliphatic rings. The lowest BCUT2D eigenvalue weighted by atomic mass is 9.99. The van der Waals surface area contributed by atoms with Crippen LogP contribution in [-0.4, -0.2) is 30.2 Å². The van der Waals surface area contributed by atoms with Crippen LogP contribution in [-0.2, 0) is 4.79 Å². The maximum absolute atomic E-state index is 11.4. The van der Waals surface area contributed by atoms with Crippen molar-refractivity contribution < 1.29 is 4.79 Å². The molecule has 1 heterocycles. The summed E-state index contributed by atoms with van der Waals surface area (Å²) in [5, 5.41) is 5.48. The van der Waals surface area contributed by atoms with Gasteiger partial charge in [-0.3, -0.25) is 4.79 Å². The number of nitrogens with zero attached hydrogens (tertiary/aromatic N) is 2. The predicted molar refractivity (Wildman–Crippen MR) is 54.9 cm³/mol. The third-order valence-electron chi connectivity index (χ3n) is 2.13. The van der Waals surface area contributed by atoms with E-state index in [0.717, 1.165) is 18.6 Å². The summed E-state index contributed by atoms with van der Waals surface area (Å²) < 4.78 is 0. The van der Waals surface area contributed by atoms with Crippen molar-refractivity contribution in [2.45, 2.75) is 19.8 Å². The van der Waals surface area contributed by atoms with Crippen LogP contribution in [0.3, 0.4) is 0 Å². The molecule has 5 heteroatoms. The first-order valence-electron chi connectivity index (χ1n) is 4.19. The van der Waals surface area contributed by atoms with Gasteiger partial charge in [0.25, 0.3) is 5.91 Å². The van der Waals surface area contributed by atoms with Gasteiger partial charge < -0.3 is 5.73 Å². The first-order chi connectivity index (χ1) is 5.66. The van der Waals surface area contributed by atoms with Crippen molar-refractivity contribution in [3.63, 3.8) is 0 Å². The molecule has 0 aromatic heterocycles. The summed E-state index contributed by atoms with van der Waals surface area (Å²) in [6.45, 7) is 2.53. The number of hydrazone groups is 1. The molecular formula is C8H16ClN3O. The predicted octanol–water partition coefficient (Wildman–Crippen LogP) is 0.611. The van der Waals surface area contributed by atoms with Gasteiger partial charge in [0.2, 0.25) is 0 Å². The summed E-state index contributed by atoms with van der Waals surface area (Å²) in [6, 6.07) is 0. The molecule has 1 aliphatic heterocycles. The third-order valence-corrected chi connectivity index (χ3v) is 2.13. The van der Waals surface area contributed by atoms with Crippen LogP contribution in [0.25, 0.3) is 0 Å².